The fraction of sp³-hybridized carbons (Fsp3) is 0.333. The standard InChI is InChI=1S/C21H21N3O3S2/c1-12(25)13-6-5-7-14(10-13)22-17(26)11-28-21-23-19-18(20(27)24(21)2)15-8-3-4-9-16(15)29-19/h5-7,10H,3-4,8-9,11H2,1-2H3,(H,22,26). The van der Waals surface area contributed by atoms with Crippen molar-refractivity contribution in [2.75, 3.05) is 11.1 Å². The Hall–Kier alpha value is -2.45. The van der Waals surface area contributed by atoms with Crippen LogP contribution in [0.15, 0.2) is 34.2 Å². The van der Waals surface area contributed by atoms with E-state index in [1.54, 1.807) is 42.6 Å². The average Bonchev–Trinajstić information content (AvgIpc) is 3.08. The minimum Gasteiger partial charge on any atom is -0.325 e. The first-order valence-electron chi connectivity index (χ1n) is 9.49. The van der Waals surface area contributed by atoms with E-state index in [9.17, 15) is 14.4 Å². The summed E-state index contributed by atoms with van der Waals surface area (Å²) in [5.41, 5.74) is 2.26. The number of carbonyl (C=O) groups excluding carboxylic acids is 2. The maximum Gasteiger partial charge on any atom is 0.262 e. The predicted molar refractivity (Wildman–Crippen MR) is 117 cm³/mol. The highest BCUT2D eigenvalue weighted by molar-refractivity contribution is 7.99. The summed E-state index contributed by atoms with van der Waals surface area (Å²) in [6, 6.07) is 6.84. The summed E-state index contributed by atoms with van der Waals surface area (Å²) in [5.74, 6) is -0.140. The lowest BCUT2D eigenvalue weighted by Crippen LogP contribution is -2.22. The van der Waals surface area contributed by atoms with E-state index in [1.807, 2.05) is 0 Å². The number of ketones is 1. The van der Waals surface area contributed by atoms with Gasteiger partial charge in [0, 0.05) is 23.2 Å². The molecule has 0 aliphatic heterocycles. The first-order chi connectivity index (χ1) is 13.9. The largest absolute Gasteiger partial charge is 0.325 e. The number of fused-ring (bicyclic) bond motifs is 3. The molecule has 150 valence electrons. The number of benzene rings is 1. The molecule has 0 bridgehead atoms. The molecule has 0 atom stereocenters. The van der Waals surface area contributed by atoms with E-state index in [0.29, 0.717) is 16.4 Å². The highest BCUT2D eigenvalue weighted by atomic mass is 32.2. The third-order valence-electron chi connectivity index (χ3n) is 5.04. The predicted octanol–water partition coefficient (Wildman–Crippen LogP) is 3.81. The summed E-state index contributed by atoms with van der Waals surface area (Å²) in [5, 5.41) is 4.08. The maximum absolute atomic E-state index is 12.9. The number of thioether (sulfide) groups is 1. The number of hydrogen-bond acceptors (Lipinski definition) is 6. The lowest BCUT2D eigenvalue weighted by molar-refractivity contribution is -0.113. The third kappa shape index (κ3) is 4.00. The van der Waals surface area contributed by atoms with Crippen LogP contribution in [0, 0.1) is 0 Å². The van der Waals surface area contributed by atoms with Crippen molar-refractivity contribution in [3.63, 3.8) is 0 Å². The number of thiophene rings is 1. The molecular formula is C21H21N3O3S2. The average molecular weight is 428 g/mol. The molecule has 29 heavy (non-hydrogen) atoms. The molecule has 1 aliphatic carbocycles. The van der Waals surface area contributed by atoms with E-state index in [0.717, 1.165) is 35.9 Å². The number of aryl methyl sites for hydroxylation is 2. The van der Waals surface area contributed by atoms with Gasteiger partial charge in [-0.2, -0.15) is 0 Å². The summed E-state index contributed by atoms with van der Waals surface area (Å²) in [4.78, 5) is 43.5. The molecule has 0 spiro atoms. The number of hydrogen-bond donors (Lipinski definition) is 1. The van der Waals surface area contributed by atoms with Crippen molar-refractivity contribution in [3.05, 3.63) is 50.6 Å². The van der Waals surface area contributed by atoms with Gasteiger partial charge in [-0.25, -0.2) is 4.98 Å². The zero-order valence-corrected chi connectivity index (χ0v) is 17.9. The molecular weight excluding hydrogens is 406 g/mol. The van der Waals surface area contributed by atoms with Crippen molar-refractivity contribution >= 4 is 50.7 Å². The fourth-order valence-corrected chi connectivity index (χ4v) is 5.61. The van der Waals surface area contributed by atoms with Gasteiger partial charge in [0.1, 0.15) is 4.83 Å². The quantitative estimate of drug-likeness (QED) is 0.380. The molecule has 4 rings (SSSR count). The lowest BCUT2D eigenvalue weighted by atomic mass is 9.97. The van der Waals surface area contributed by atoms with Gasteiger partial charge in [-0.05, 0) is 50.3 Å². The summed E-state index contributed by atoms with van der Waals surface area (Å²) in [6.45, 7) is 1.49. The van der Waals surface area contributed by atoms with Gasteiger partial charge >= 0.3 is 0 Å². The van der Waals surface area contributed by atoms with Crippen LogP contribution in [0.3, 0.4) is 0 Å². The van der Waals surface area contributed by atoms with Crippen LogP contribution in [-0.4, -0.2) is 27.0 Å². The Balaban J connectivity index is 1.52. The van der Waals surface area contributed by atoms with Gasteiger partial charge in [0.2, 0.25) is 5.91 Å². The first kappa shape index (κ1) is 19.8. The van der Waals surface area contributed by atoms with Crippen molar-refractivity contribution in [1.29, 1.82) is 0 Å². The van der Waals surface area contributed by atoms with Crippen molar-refractivity contribution in [2.24, 2.45) is 7.05 Å². The van der Waals surface area contributed by atoms with Gasteiger partial charge < -0.3 is 5.32 Å². The molecule has 0 unspecified atom stereocenters. The van der Waals surface area contributed by atoms with Crippen LogP contribution in [0.5, 0.6) is 0 Å². The summed E-state index contributed by atoms with van der Waals surface area (Å²) in [7, 11) is 1.71. The number of aromatic nitrogens is 2. The van der Waals surface area contributed by atoms with E-state index in [2.05, 4.69) is 10.3 Å². The molecule has 0 fully saturated rings. The number of nitrogens with one attached hydrogen (secondary N) is 1. The van der Waals surface area contributed by atoms with Crippen LogP contribution in [0.1, 0.15) is 40.6 Å². The highest BCUT2D eigenvalue weighted by Gasteiger charge is 2.21. The van der Waals surface area contributed by atoms with Crippen LogP contribution < -0.4 is 10.9 Å². The van der Waals surface area contributed by atoms with Crippen LogP contribution in [0.25, 0.3) is 10.2 Å². The molecule has 0 radical (unpaired) electrons. The molecule has 8 heteroatoms. The Kier molecular flexibility index (Phi) is 5.56. The van der Waals surface area contributed by atoms with Gasteiger partial charge in [-0.1, -0.05) is 23.9 Å². The molecule has 3 aromatic rings. The van der Waals surface area contributed by atoms with Crippen molar-refractivity contribution in [1.82, 2.24) is 9.55 Å². The van der Waals surface area contributed by atoms with Crippen LogP contribution in [0.4, 0.5) is 5.69 Å². The van der Waals surface area contributed by atoms with Crippen molar-refractivity contribution in [2.45, 2.75) is 37.8 Å². The Morgan fingerprint density at radius 2 is 2.07 bits per heavy atom. The molecule has 1 N–H and O–H groups in total. The topological polar surface area (TPSA) is 81.1 Å². The van der Waals surface area contributed by atoms with Gasteiger partial charge in [-0.3, -0.25) is 19.0 Å². The zero-order chi connectivity index (χ0) is 20.5. The van der Waals surface area contributed by atoms with E-state index in [4.69, 9.17) is 0 Å². The van der Waals surface area contributed by atoms with Crippen molar-refractivity contribution < 1.29 is 9.59 Å². The summed E-state index contributed by atoms with van der Waals surface area (Å²) >= 11 is 2.85. The van der Waals surface area contributed by atoms with Gasteiger partial charge in [0.25, 0.3) is 5.56 Å². The normalized spacial score (nSPS) is 13.3. The number of carbonyl (C=O) groups is 2. The molecule has 2 aromatic heterocycles. The van der Waals surface area contributed by atoms with Crippen LogP contribution in [0.2, 0.25) is 0 Å². The lowest BCUT2D eigenvalue weighted by Gasteiger charge is -2.11. The number of Topliss-reactive ketones (excluding diaryl/α,β-unsaturated/α-hetero) is 1. The summed E-state index contributed by atoms with van der Waals surface area (Å²) < 4.78 is 1.54. The van der Waals surface area contributed by atoms with Crippen LogP contribution in [-0.2, 0) is 24.7 Å². The van der Waals surface area contributed by atoms with Gasteiger partial charge in [0.15, 0.2) is 10.9 Å². The number of anilines is 1. The first-order valence-corrected chi connectivity index (χ1v) is 11.3. The Morgan fingerprint density at radius 3 is 2.86 bits per heavy atom. The molecule has 2 heterocycles. The Bertz CT molecular complexity index is 1180. The van der Waals surface area contributed by atoms with E-state index >= 15 is 0 Å². The molecule has 1 aliphatic rings. The second kappa shape index (κ2) is 8.12. The SMILES string of the molecule is CC(=O)c1cccc(NC(=O)CSc2nc3sc4c(c3c(=O)n2C)CCCC4)c1. The minimum absolute atomic E-state index is 0.0357. The number of amides is 1. The molecule has 1 aromatic carbocycles. The molecule has 6 nitrogen and oxygen atoms in total. The van der Waals surface area contributed by atoms with Gasteiger partial charge in [0.05, 0.1) is 11.1 Å². The van der Waals surface area contributed by atoms with E-state index < -0.39 is 0 Å². The van der Waals surface area contributed by atoms with E-state index in [-0.39, 0.29) is 23.0 Å². The van der Waals surface area contributed by atoms with Crippen molar-refractivity contribution in [3.8, 4) is 0 Å². The van der Waals surface area contributed by atoms with Crippen LogP contribution >= 0.6 is 23.1 Å². The monoisotopic (exact) mass is 427 g/mol. The van der Waals surface area contributed by atoms with Gasteiger partial charge in [-0.15, -0.1) is 11.3 Å². The highest BCUT2D eigenvalue weighted by Crippen LogP contribution is 2.34. The van der Waals surface area contributed by atoms with E-state index in [1.165, 1.54) is 33.7 Å². The second-order valence-corrected chi connectivity index (χ2v) is 9.15. The zero-order valence-electron chi connectivity index (χ0n) is 16.3. The number of nitrogens with zero attached hydrogens (tertiary/aromatic N) is 2. The maximum atomic E-state index is 12.9. The molecule has 0 saturated heterocycles. The Morgan fingerprint density at radius 1 is 1.28 bits per heavy atom. The number of rotatable bonds is 5. The molecule has 1 amide bonds. The Labute approximate surface area is 176 Å². The second-order valence-electron chi connectivity index (χ2n) is 7.12. The smallest absolute Gasteiger partial charge is 0.262 e. The third-order valence-corrected chi connectivity index (χ3v) is 7.26. The summed E-state index contributed by atoms with van der Waals surface area (Å²) in [6.07, 6.45) is 4.24. The molecule has 0 saturated carbocycles. The fourth-order valence-electron chi connectivity index (χ4n) is 3.54. The minimum atomic E-state index is -0.212.